The minimum Gasteiger partial charge on any atom is -0.493 e. The van der Waals surface area contributed by atoms with Gasteiger partial charge in [-0.25, -0.2) is 0 Å². The summed E-state index contributed by atoms with van der Waals surface area (Å²) in [6, 6.07) is 4.28. The zero-order chi connectivity index (χ0) is 22.8. The molecule has 31 heavy (non-hydrogen) atoms. The van der Waals surface area contributed by atoms with Crippen LogP contribution in [0.15, 0.2) is 18.2 Å². The monoisotopic (exact) mass is 446 g/mol. The van der Waals surface area contributed by atoms with Gasteiger partial charge >= 0.3 is 0 Å². The standard InChI is InChI=1S/C19H26O12/c1-27-11-4-9(5-20)2-3-10(11)30-17-15(24)14(23)13(22)12(31-17)6-28-18-16(25)19(26,7-21)8-29-18/h2-5,12-18,21-26H,6-8H2,1H3/t12-,13-,14+,15-,16+,17-,18-,19+/m1/s1. The molecule has 0 radical (unpaired) electrons. The predicted octanol–water partition coefficient (Wildman–Crippen LogP) is -2.85. The molecule has 0 spiro atoms. The number of carbonyl (C=O) groups is 1. The van der Waals surface area contributed by atoms with Gasteiger partial charge in [0.1, 0.15) is 42.4 Å². The Morgan fingerprint density at radius 1 is 1.13 bits per heavy atom. The smallest absolute Gasteiger partial charge is 0.229 e. The van der Waals surface area contributed by atoms with Gasteiger partial charge in [-0.05, 0) is 18.2 Å². The van der Waals surface area contributed by atoms with Crippen molar-refractivity contribution < 1.29 is 59.1 Å². The third kappa shape index (κ3) is 4.82. The lowest BCUT2D eigenvalue weighted by Gasteiger charge is -2.40. The van der Waals surface area contributed by atoms with Crippen LogP contribution in [0.2, 0.25) is 0 Å². The van der Waals surface area contributed by atoms with Gasteiger partial charge in [0.25, 0.3) is 0 Å². The lowest BCUT2D eigenvalue weighted by Crippen LogP contribution is -2.60. The van der Waals surface area contributed by atoms with E-state index in [-0.39, 0.29) is 18.1 Å². The number of rotatable bonds is 8. The third-order valence-corrected chi connectivity index (χ3v) is 5.24. The normalized spacial score (nSPS) is 38.1. The van der Waals surface area contributed by atoms with E-state index in [1.807, 2.05) is 0 Å². The summed E-state index contributed by atoms with van der Waals surface area (Å²) in [5.41, 5.74) is -1.56. The summed E-state index contributed by atoms with van der Waals surface area (Å²) in [7, 11) is 1.35. The topological polar surface area (TPSA) is 185 Å². The summed E-state index contributed by atoms with van der Waals surface area (Å²) in [5.74, 6) is 0.294. The van der Waals surface area contributed by atoms with E-state index >= 15 is 0 Å². The maximum atomic E-state index is 10.9. The molecule has 174 valence electrons. The van der Waals surface area contributed by atoms with E-state index in [1.54, 1.807) is 0 Å². The van der Waals surface area contributed by atoms with Crippen molar-refractivity contribution in [3.8, 4) is 11.5 Å². The first-order valence-electron chi connectivity index (χ1n) is 9.48. The van der Waals surface area contributed by atoms with Crippen molar-refractivity contribution >= 4 is 6.29 Å². The van der Waals surface area contributed by atoms with Crippen LogP contribution in [0.5, 0.6) is 11.5 Å². The molecular weight excluding hydrogens is 420 g/mol. The molecule has 0 aromatic heterocycles. The Hall–Kier alpha value is -1.87. The SMILES string of the molecule is COc1cc(C=O)ccc1O[C@@H]1O[C@H](CO[C@@H]2OC[C@@](O)(CO)[C@H]2O)[C@@H](O)[C@H](O)[C@H]1O. The van der Waals surface area contributed by atoms with E-state index in [0.29, 0.717) is 11.8 Å². The number of aliphatic hydroxyl groups excluding tert-OH is 5. The number of carbonyl (C=O) groups excluding carboxylic acids is 1. The molecule has 3 rings (SSSR count). The molecule has 2 fully saturated rings. The molecule has 0 amide bonds. The van der Waals surface area contributed by atoms with Crippen LogP contribution in [-0.4, -0.2) is 113 Å². The van der Waals surface area contributed by atoms with Crippen LogP contribution < -0.4 is 9.47 Å². The largest absolute Gasteiger partial charge is 0.493 e. The molecular formula is C19H26O12. The first-order chi connectivity index (χ1) is 14.7. The van der Waals surface area contributed by atoms with Gasteiger partial charge in [-0.3, -0.25) is 4.79 Å². The number of aldehydes is 1. The fourth-order valence-corrected chi connectivity index (χ4v) is 3.26. The summed E-state index contributed by atoms with van der Waals surface area (Å²) in [4.78, 5) is 10.9. The maximum Gasteiger partial charge on any atom is 0.229 e. The molecule has 0 saturated carbocycles. The van der Waals surface area contributed by atoms with Gasteiger partial charge < -0.3 is 54.3 Å². The third-order valence-electron chi connectivity index (χ3n) is 5.24. The van der Waals surface area contributed by atoms with Crippen molar-refractivity contribution in [3.63, 3.8) is 0 Å². The molecule has 1 aromatic carbocycles. The minimum absolute atomic E-state index is 0.114. The molecule has 1 aromatic rings. The zero-order valence-corrected chi connectivity index (χ0v) is 16.6. The van der Waals surface area contributed by atoms with Gasteiger partial charge in [0.15, 0.2) is 17.8 Å². The number of benzene rings is 1. The molecule has 12 nitrogen and oxygen atoms in total. The molecule has 0 aliphatic carbocycles. The molecule has 6 N–H and O–H groups in total. The van der Waals surface area contributed by atoms with Crippen molar-refractivity contribution in [1.29, 1.82) is 0 Å². The van der Waals surface area contributed by atoms with E-state index in [0.717, 1.165) is 0 Å². The number of methoxy groups -OCH3 is 1. The Balaban J connectivity index is 1.68. The summed E-state index contributed by atoms with van der Waals surface area (Å²) >= 11 is 0. The van der Waals surface area contributed by atoms with Gasteiger partial charge in [0, 0.05) is 5.56 Å². The lowest BCUT2D eigenvalue weighted by atomic mass is 9.99. The fraction of sp³-hybridized carbons (Fsp3) is 0.632. The summed E-state index contributed by atoms with van der Waals surface area (Å²) in [5, 5.41) is 59.8. The van der Waals surface area contributed by atoms with Crippen LogP contribution in [0.4, 0.5) is 0 Å². The summed E-state index contributed by atoms with van der Waals surface area (Å²) in [6.07, 6.45) is -9.75. The van der Waals surface area contributed by atoms with Crippen LogP contribution in [0, 0.1) is 0 Å². The zero-order valence-electron chi connectivity index (χ0n) is 16.6. The highest BCUT2D eigenvalue weighted by Crippen LogP contribution is 2.32. The average Bonchev–Trinajstić information content (AvgIpc) is 3.07. The van der Waals surface area contributed by atoms with Crippen molar-refractivity contribution in [2.75, 3.05) is 26.9 Å². The molecule has 12 heteroatoms. The van der Waals surface area contributed by atoms with Crippen LogP contribution in [0.25, 0.3) is 0 Å². The quantitative estimate of drug-likeness (QED) is 0.225. The van der Waals surface area contributed by atoms with Gasteiger partial charge in [-0.1, -0.05) is 0 Å². The Morgan fingerprint density at radius 3 is 2.48 bits per heavy atom. The van der Waals surface area contributed by atoms with Crippen LogP contribution in [0.3, 0.4) is 0 Å². The molecule has 2 aliphatic rings. The predicted molar refractivity (Wildman–Crippen MR) is 99.4 cm³/mol. The second-order valence-electron chi connectivity index (χ2n) is 7.38. The molecule has 8 atom stereocenters. The van der Waals surface area contributed by atoms with Crippen LogP contribution >= 0.6 is 0 Å². The van der Waals surface area contributed by atoms with Gasteiger partial charge in [-0.2, -0.15) is 0 Å². The lowest BCUT2D eigenvalue weighted by molar-refractivity contribution is -0.289. The molecule has 2 heterocycles. The van der Waals surface area contributed by atoms with Crippen LogP contribution in [0.1, 0.15) is 10.4 Å². The van der Waals surface area contributed by atoms with Gasteiger partial charge in [0.05, 0.1) is 26.9 Å². The molecule has 0 bridgehead atoms. The summed E-state index contributed by atoms with van der Waals surface area (Å²) in [6.45, 7) is -1.52. The highest BCUT2D eigenvalue weighted by atomic mass is 16.7. The second-order valence-corrected chi connectivity index (χ2v) is 7.38. The molecule has 2 aliphatic heterocycles. The number of hydrogen-bond acceptors (Lipinski definition) is 12. The van der Waals surface area contributed by atoms with Gasteiger partial charge in [0.2, 0.25) is 6.29 Å². The second kappa shape index (κ2) is 9.73. The van der Waals surface area contributed by atoms with Gasteiger partial charge in [-0.15, -0.1) is 0 Å². The van der Waals surface area contributed by atoms with Crippen molar-refractivity contribution in [2.45, 2.75) is 48.7 Å². The number of ether oxygens (including phenoxy) is 5. The van der Waals surface area contributed by atoms with Crippen molar-refractivity contribution in [2.24, 2.45) is 0 Å². The Labute approximate surface area is 177 Å². The van der Waals surface area contributed by atoms with E-state index < -0.39 is 61.9 Å². The minimum atomic E-state index is -1.89. The van der Waals surface area contributed by atoms with E-state index in [4.69, 9.17) is 28.8 Å². The Morgan fingerprint density at radius 2 is 1.87 bits per heavy atom. The molecule has 2 saturated heterocycles. The first kappa shape index (κ1) is 23.8. The number of aliphatic hydroxyl groups is 6. The number of hydrogen-bond donors (Lipinski definition) is 6. The van der Waals surface area contributed by atoms with E-state index in [2.05, 4.69) is 0 Å². The van der Waals surface area contributed by atoms with Crippen molar-refractivity contribution in [3.05, 3.63) is 23.8 Å². The van der Waals surface area contributed by atoms with Crippen molar-refractivity contribution in [1.82, 2.24) is 0 Å². The highest BCUT2D eigenvalue weighted by molar-refractivity contribution is 5.76. The van der Waals surface area contributed by atoms with E-state index in [9.17, 15) is 30.3 Å². The average molecular weight is 446 g/mol. The Kier molecular flexibility index (Phi) is 7.47. The molecule has 0 unspecified atom stereocenters. The first-order valence-corrected chi connectivity index (χ1v) is 9.48. The highest BCUT2D eigenvalue weighted by Gasteiger charge is 2.50. The Bertz CT molecular complexity index is 759. The van der Waals surface area contributed by atoms with E-state index in [1.165, 1.54) is 25.3 Å². The fourth-order valence-electron chi connectivity index (χ4n) is 3.26. The summed E-state index contributed by atoms with van der Waals surface area (Å²) < 4.78 is 26.7. The van der Waals surface area contributed by atoms with Crippen LogP contribution in [-0.2, 0) is 14.2 Å². The maximum absolute atomic E-state index is 10.9.